The third-order valence-electron chi connectivity index (χ3n) is 3.71. The van der Waals surface area contributed by atoms with Crippen molar-refractivity contribution in [3.05, 3.63) is 21.6 Å². The number of aryl methyl sites for hydroxylation is 1. The molecule has 0 aliphatic carbocycles. The summed E-state index contributed by atoms with van der Waals surface area (Å²) < 4.78 is 0. The van der Waals surface area contributed by atoms with E-state index in [0.717, 1.165) is 30.5 Å². The van der Waals surface area contributed by atoms with Gasteiger partial charge in [-0.25, -0.2) is 4.98 Å². The van der Waals surface area contributed by atoms with Gasteiger partial charge in [0.05, 0.1) is 0 Å². The van der Waals surface area contributed by atoms with Crippen LogP contribution in [0.25, 0.3) is 0 Å². The maximum Gasteiger partial charge on any atom is 0.255 e. The molecule has 0 aromatic carbocycles. The third kappa shape index (κ3) is 3.06. The quantitative estimate of drug-likeness (QED) is 0.813. The zero-order valence-corrected chi connectivity index (χ0v) is 12.9. The van der Waals surface area contributed by atoms with Crippen LogP contribution in [-0.2, 0) is 11.2 Å². The first kappa shape index (κ1) is 15.1. The SMILES string of the molecule is CCCCc1c(C)nc(N2CC(CS)CC2=O)[nH]c1=O. The van der Waals surface area contributed by atoms with E-state index in [1.54, 1.807) is 4.90 Å². The van der Waals surface area contributed by atoms with Crippen molar-refractivity contribution < 1.29 is 4.79 Å². The van der Waals surface area contributed by atoms with E-state index in [9.17, 15) is 9.59 Å². The highest BCUT2D eigenvalue weighted by Crippen LogP contribution is 2.22. The molecule has 0 radical (unpaired) electrons. The molecule has 1 atom stereocenters. The Morgan fingerprint density at radius 2 is 2.20 bits per heavy atom. The summed E-state index contributed by atoms with van der Waals surface area (Å²) >= 11 is 4.23. The van der Waals surface area contributed by atoms with E-state index < -0.39 is 0 Å². The molecule has 1 aliphatic rings. The third-order valence-corrected chi connectivity index (χ3v) is 4.23. The van der Waals surface area contributed by atoms with E-state index in [1.807, 2.05) is 6.92 Å². The molecule has 1 aromatic heterocycles. The minimum atomic E-state index is -0.122. The number of rotatable bonds is 5. The van der Waals surface area contributed by atoms with E-state index >= 15 is 0 Å². The van der Waals surface area contributed by atoms with E-state index in [4.69, 9.17) is 0 Å². The van der Waals surface area contributed by atoms with Crippen LogP contribution in [-0.4, -0.2) is 28.2 Å². The highest BCUT2D eigenvalue weighted by molar-refractivity contribution is 7.80. The molecule has 0 spiro atoms. The topological polar surface area (TPSA) is 66.1 Å². The summed E-state index contributed by atoms with van der Waals surface area (Å²) in [6.45, 7) is 4.51. The number of anilines is 1. The van der Waals surface area contributed by atoms with Crippen molar-refractivity contribution >= 4 is 24.5 Å². The Balaban J connectivity index is 2.26. The number of aromatic amines is 1. The molecule has 1 unspecified atom stereocenters. The summed E-state index contributed by atoms with van der Waals surface area (Å²) in [4.78, 5) is 32.8. The maximum absolute atomic E-state index is 12.1. The van der Waals surface area contributed by atoms with Gasteiger partial charge in [0.2, 0.25) is 11.9 Å². The molecule has 110 valence electrons. The highest BCUT2D eigenvalue weighted by atomic mass is 32.1. The summed E-state index contributed by atoms with van der Waals surface area (Å²) in [5.74, 6) is 1.28. The summed E-state index contributed by atoms with van der Waals surface area (Å²) in [5.41, 5.74) is 1.33. The molecule has 1 aromatic rings. The second kappa shape index (κ2) is 6.43. The van der Waals surface area contributed by atoms with Crippen molar-refractivity contribution in [1.29, 1.82) is 0 Å². The Kier molecular flexibility index (Phi) is 4.86. The second-order valence-electron chi connectivity index (χ2n) is 5.31. The normalized spacial score (nSPS) is 18.9. The van der Waals surface area contributed by atoms with Gasteiger partial charge in [-0.05, 0) is 31.4 Å². The summed E-state index contributed by atoms with van der Waals surface area (Å²) in [5, 5.41) is 0. The molecule has 1 amide bonds. The average Bonchev–Trinajstić information content (AvgIpc) is 2.79. The van der Waals surface area contributed by atoms with Crippen LogP contribution in [0, 0.1) is 12.8 Å². The van der Waals surface area contributed by atoms with Crippen LogP contribution in [0.15, 0.2) is 4.79 Å². The Morgan fingerprint density at radius 3 is 2.75 bits per heavy atom. The summed E-state index contributed by atoms with van der Waals surface area (Å²) in [6.07, 6.45) is 3.21. The van der Waals surface area contributed by atoms with Crippen molar-refractivity contribution in [3.63, 3.8) is 0 Å². The number of hydrogen-bond acceptors (Lipinski definition) is 4. The number of nitrogens with one attached hydrogen (secondary N) is 1. The molecular formula is C14H21N3O2S. The lowest BCUT2D eigenvalue weighted by molar-refractivity contribution is -0.117. The molecule has 1 saturated heterocycles. The Hall–Kier alpha value is -1.30. The Morgan fingerprint density at radius 1 is 1.45 bits per heavy atom. The fourth-order valence-corrected chi connectivity index (χ4v) is 2.72. The number of hydrogen-bond donors (Lipinski definition) is 2. The van der Waals surface area contributed by atoms with Crippen molar-refractivity contribution in [2.24, 2.45) is 5.92 Å². The van der Waals surface area contributed by atoms with E-state index in [1.165, 1.54) is 0 Å². The number of amides is 1. The highest BCUT2D eigenvalue weighted by Gasteiger charge is 2.31. The van der Waals surface area contributed by atoms with Gasteiger partial charge in [0.1, 0.15) is 0 Å². The van der Waals surface area contributed by atoms with Crippen LogP contribution in [0.5, 0.6) is 0 Å². The number of nitrogens with zero attached hydrogens (tertiary/aromatic N) is 2. The van der Waals surface area contributed by atoms with Crippen LogP contribution in [0.2, 0.25) is 0 Å². The first-order valence-electron chi connectivity index (χ1n) is 7.07. The van der Waals surface area contributed by atoms with E-state index in [2.05, 4.69) is 29.5 Å². The molecule has 6 heteroatoms. The van der Waals surface area contributed by atoms with Crippen LogP contribution < -0.4 is 10.5 Å². The van der Waals surface area contributed by atoms with Crippen LogP contribution in [0.1, 0.15) is 37.4 Å². The van der Waals surface area contributed by atoms with Gasteiger partial charge in [-0.3, -0.25) is 19.5 Å². The number of H-pyrrole nitrogens is 1. The lowest BCUT2D eigenvalue weighted by Gasteiger charge is -2.16. The molecule has 1 N–H and O–H groups in total. The van der Waals surface area contributed by atoms with E-state index in [0.29, 0.717) is 24.7 Å². The van der Waals surface area contributed by atoms with Gasteiger partial charge in [0.25, 0.3) is 5.56 Å². The smallest absolute Gasteiger partial charge is 0.255 e. The van der Waals surface area contributed by atoms with Gasteiger partial charge in [0, 0.05) is 24.2 Å². The lowest BCUT2D eigenvalue weighted by Crippen LogP contribution is -2.30. The molecule has 2 rings (SSSR count). The van der Waals surface area contributed by atoms with Gasteiger partial charge in [-0.1, -0.05) is 13.3 Å². The first-order valence-corrected chi connectivity index (χ1v) is 7.71. The standard InChI is InChI=1S/C14H21N3O2S/c1-3-4-5-11-9(2)15-14(16-13(11)19)17-7-10(8-20)6-12(17)18/h10,20H,3-8H2,1-2H3,(H,15,16,19). The fourth-order valence-electron chi connectivity index (χ4n) is 2.48. The van der Waals surface area contributed by atoms with Crippen molar-refractivity contribution in [1.82, 2.24) is 9.97 Å². The fraction of sp³-hybridized carbons (Fsp3) is 0.643. The Labute approximate surface area is 124 Å². The second-order valence-corrected chi connectivity index (χ2v) is 5.68. The number of thiol groups is 1. The van der Waals surface area contributed by atoms with Gasteiger partial charge in [-0.15, -0.1) is 0 Å². The monoisotopic (exact) mass is 295 g/mol. The van der Waals surface area contributed by atoms with Crippen LogP contribution in [0.4, 0.5) is 5.95 Å². The van der Waals surface area contributed by atoms with Gasteiger partial charge >= 0.3 is 0 Å². The lowest BCUT2D eigenvalue weighted by atomic mass is 10.1. The molecule has 2 heterocycles. The molecule has 20 heavy (non-hydrogen) atoms. The maximum atomic E-state index is 12.1. The summed E-state index contributed by atoms with van der Waals surface area (Å²) in [6, 6.07) is 0. The molecule has 0 bridgehead atoms. The molecule has 5 nitrogen and oxygen atoms in total. The largest absolute Gasteiger partial charge is 0.292 e. The molecule has 0 saturated carbocycles. The zero-order valence-electron chi connectivity index (χ0n) is 12.0. The molecule has 1 fully saturated rings. The van der Waals surface area contributed by atoms with Crippen LogP contribution >= 0.6 is 12.6 Å². The number of unbranched alkanes of at least 4 members (excludes halogenated alkanes) is 1. The van der Waals surface area contributed by atoms with Gasteiger partial charge in [0.15, 0.2) is 0 Å². The van der Waals surface area contributed by atoms with Crippen molar-refractivity contribution in [2.45, 2.75) is 39.5 Å². The minimum Gasteiger partial charge on any atom is -0.292 e. The predicted octanol–water partition coefficient (Wildman–Crippen LogP) is 1.70. The average molecular weight is 295 g/mol. The number of aromatic nitrogens is 2. The van der Waals surface area contributed by atoms with Gasteiger partial charge in [-0.2, -0.15) is 12.6 Å². The Bertz CT molecular complexity index is 556. The first-order chi connectivity index (χ1) is 9.56. The number of carbonyl (C=O) groups is 1. The number of carbonyl (C=O) groups excluding carboxylic acids is 1. The van der Waals surface area contributed by atoms with Crippen molar-refractivity contribution in [2.75, 3.05) is 17.2 Å². The predicted molar refractivity (Wildman–Crippen MR) is 82.5 cm³/mol. The van der Waals surface area contributed by atoms with E-state index in [-0.39, 0.29) is 17.4 Å². The van der Waals surface area contributed by atoms with Gasteiger partial charge < -0.3 is 0 Å². The molecule has 1 aliphatic heterocycles. The summed E-state index contributed by atoms with van der Waals surface area (Å²) in [7, 11) is 0. The van der Waals surface area contributed by atoms with Crippen molar-refractivity contribution in [3.8, 4) is 0 Å². The minimum absolute atomic E-state index is 0.00732. The van der Waals surface area contributed by atoms with Crippen LogP contribution in [0.3, 0.4) is 0 Å². The zero-order chi connectivity index (χ0) is 14.7. The molecular weight excluding hydrogens is 274 g/mol.